The number of hydrogen-bond donors (Lipinski definition) is 0. The summed E-state index contributed by atoms with van der Waals surface area (Å²) in [6, 6.07) is 4.71. The first-order chi connectivity index (χ1) is 8.84. The van der Waals surface area contributed by atoms with Crippen molar-refractivity contribution in [3.63, 3.8) is 0 Å². The Bertz CT molecular complexity index is 401. The first kappa shape index (κ1) is 12.0. The molecule has 0 aromatic carbocycles. The molecule has 1 saturated carbocycles. The molecule has 18 heavy (non-hydrogen) atoms. The van der Waals surface area contributed by atoms with E-state index in [1.54, 1.807) is 0 Å². The van der Waals surface area contributed by atoms with E-state index in [2.05, 4.69) is 23.0 Å². The highest BCUT2D eigenvalue weighted by molar-refractivity contribution is 5.30. The molecule has 3 nitrogen and oxygen atoms in total. The van der Waals surface area contributed by atoms with Crippen LogP contribution in [0.1, 0.15) is 50.1 Å². The summed E-state index contributed by atoms with van der Waals surface area (Å²) in [4.78, 5) is 6.89. The second-order valence-electron chi connectivity index (χ2n) is 5.56. The van der Waals surface area contributed by atoms with Crippen LogP contribution in [0.5, 0.6) is 5.88 Å². The Morgan fingerprint density at radius 1 is 1.22 bits per heavy atom. The maximum atomic E-state index is 6.13. The molecule has 98 valence electrons. The maximum Gasteiger partial charge on any atom is 0.218 e. The number of likely N-dealkylation sites (tertiary alicyclic amines) is 1. The molecule has 0 N–H and O–H groups in total. The molecular formula is C15H22N2O. The van der Waals surface area contributed by atoms with Crippen LogP contribution in [0, 0.1) is 0 Å². The van der Waals surface area contributed by atoms with Crippen LogP contribution in [-0.2, 0) is 0 Å². The lowest BCUT2D eigenvalue weighted by molar-refractivity contribution is 0.193. The number of hydrogen-bond acceptors (Lipinski definition) is 3. The first-order valence-corrected chi connectivity index (χ1v) is 7.16. The van der Waals surface area contributed by atoms with Gasteiger partial charge >= 0.3 is 0 Å². The van der Waals surface area contributed by atoms with Crippen LogP contribution >= 0.6 is 0 Å². The quantitative estimate of drug-likeness (QED) is 0.819. The number of rotatable bonds is 3. The van der Waals surface area contributed by atoms with Crippen LogP contribution in [0.4, 0.5) is 0 Å². The van der Waals surface area contributed by atoms with Crippen LogP contribution in [0.15, 0.2) is 18.3 Å². The Labute approximate surface area is 109 Å². The van der Waals surface area contributed by atoms with E-state index in [-0.39, 0.29) is 0 Å². The molecule has 2 heterocycles. The zero-order valence-corrected chi connectivity index (χ0v) is 11.1. The topological polar surface area (TPSA) is 25.4 Å². The van der Waals surface area contributed by atoms with Gasteiger partial charge in [-0.2, -0.15) is 0 Å². The summed E-state index contributed by atoms with van der Waals surface area (Å²) in [5, 5.41) is 0. The summed E-state index contributed by atoms with van der Waals surface area (Å²) in [5.41, 5.74) is 1.28. The highest BCUT2D eigenvalue weighted by Gasteiger charge is 2.27. The highest BCUT2D eigenvalue weighted by atomic mass is 16.5. The monoisotopic (exact) mass is 246 g/mol. The van der Waals surface area contributed by atoms with Gasteiger partial charge in [0.1, 0.15) is 6.10 Å². The SMILES string of the molecule is CN1CCCC1c1cccnc1OC1CCCC1. The van der Waals surface area contributed by atoms with Crippen molar-refractivity contribution in [2.75, 3.05) is 13.6 Å². The molecule has 2 aliphatic rings. The van der Waals surface area contributed by atoms with Crippen molar-refractivity contribution in [3.8, 4) is 5.88 Å². The van der Waals surface area contributed by atoms with Crippen molar-refractivity contribution in [2.45, 2.75) is 50.7 Å². The second kappa shape index (κ2) is 5.27. The van der Waals surface area contributed by atoms with Gasteiger partial charge in [-0.25, -0.2) is 4.98 Å². The van der Waals surface area contributed by atoms with Crippen molar-refractivity contribution in [1.29, 1.82) is 0 Å². The molecule has 3 rings (SSSR count). The zero-order chi connectivity index (χ0) is 12.4. The van der Waals surface area contributed by atoms with Crippen molar-refractivity contribution in [3.05, 3.63) is 23.9 Å². The first-order valence-electron chi connectivity index (χ1n) is 7.16. The van der Waals surface area contributed by atoms with E-state index in [0.717, 1.165) is 5.88 Å². The van der Waals surface area contributed by atoms with Gasteiger partial charge in [0.2, 0.25) is 5.88 Å². The summed E-state index contributed by atoms with van der Waals surface area (Å²) in [6.07, 6.45) is 9.73. The van der Waals surface area contributed by atoms with Crippen LogP contribution in [-0.4, -0.2) is 29.6 Å². The average molecular weight is 246 g/mol. The predicted molar refractivity (Wildman–Crippen MR) is 71.7 cm³/mol. The van der Waals surface area contributed by atoms with E-state index in [9.17, 15) is 0 Å². The number of nitrogens with zero attached hydrogens (tertiary/aromatic N) is 2. The summed E-state index contributed by atoms with van der Waals surface area (Å²) in [6.45, 7) is 1.18. The minimum absolute atomic E-state index is 0.394. The van der Waals surface area contributed by atoms with E-state index in [0.29, 0.717) is 12.1 Å². The van der Waals surface area contributed by atoms with Crippen molar-refractivity contribution in [2.24, 2.45) is 0 Å². The molecule has 0 spiro atoms. The fourth-order valence-electron chi connectivity index (χ4n) is 3.22. The van der Waals surface area contributed by atoms with Gasteiger partial charge in [-0.05, 0) is 58.2 Å². The summed E-state index contributed by atoms with van der Waals surface area (Å²) in [7, 11) is 2.20. The average Bonchev–Trinajstić information content (AvgIpc) is 3.02. The van der Waals surface area contributed by atoms with Gasteiger partial charge in [0.25, 0.3) is 0 Å². The molecular weight excluding hydrogens is 224 g/mol. The van der Waals surface area contributed by atoms with Crippen LogP contribution in [0.25, 0.3) is 0 Å². The Balaban J connectivity index is 1.80. The fourth-order valence-corrected chi connectivity index (χ4v) is 3.22. The van der Waals surface area contributed by atoms with Gasteiger partial charge < -0.3 is 4.74 Å². The minimum atomic E-state index is 0.394. The molecule has 1 aromatic rings. The van der Waals surface area contributed by atoms with Crippen LogP contribution in [0.3, 0.4) is 0 Å². The lowest BCUT2D eigenvalue weighted by Gasteiger charge is -2.23. The molecule has 0 amide bonds. The third-order valence-electron chi connectivity index (χ3n) is 4.26. The van der Waals surface area contributed by atoms with E-state index in [4.69, 9.17) is 4.74 Å². The molecule has 3 heteroatoms. The third-order valence-corrected chi connectivity index (χ3v) is 4.26. The smallest absolute Gasteiger partial charge is 0.218 e. The van der Waals surface area contributed by atoms with Gasteiger partial charge in [-0.1, -0.05) is 6.07 Å². The molecule has 1 aromatic heterocycles. The van der Waals surface area contributed by atoms with Crippen molar-refractivity contribution in [1.82, 2.24) is 9.88 Å². The van der Waals surface area contributed by atoms with Crippen molar-refractivity contribution < 1.29 is 4.74 Å². The second-order valence-corrected chi connectivity index (χ2v) is 5.56. The molecule has 1 aliphatic heterocycles. The Kier molecular flexibility index (Phi) is 3.50. The molecule has 0 bridgehead atoms. The van der Waals surface area contributed by atoms with Gasteiger partial charge in [0.05, 0.1) is 0 Å². The van der Waals surface area contributed by atoms with E-state index in [1.165, 1.54) is 50.6 Å². The van der Waals surface area contributed by atoms with Crippen LogP contribution in [0.2, 0.25) is 0 Å². The molecule has 1 saturated heterocycles. The summed E-state index contributed by atoms with van der Waals surface area (Å²) in [5.74, 6) is 0.878. The minimum Gasteiger partial charge on any atom is -0.474 e. The number of ether oxygens (including phenoxy) is 1. The summed E-state index contributed by atoms with van der Waals surface area (Å²) < 4.78 is 6.13. The molecule has 1 aliphatic carbocycles. The molecule has 0 radical (unpaired) electrons. The lowest BCUT2D eigenvalue weighted by atomic mass is 10.1. The normalized spacial score (nSPS) is 25.7. The summed E-state index contributed by atoms with van der Waals surface area (Å²) >= 11 is 0. The predicted octanol–water partition coefficient (Wildman–Crippen LogP) is 3.17. The van der Waals surface area contributed by atoms with Gasteiger partial charge in [0.15, 0.2) is 0 Å². The van der Waals surface area contributed by atoms with Crippen LogP contribution < -0.4 is 4.74 Å². The van der Waals surface area contributed by atoms with Gasteiger partial charge in [-0.15, -0.1) is 0 Å². The lowest BCUT2D eigenvalue weighted by Crippen LogP contribution is -2.20. The standard InChI is InChI=1S/C15H22N2O/c1-17-11-5-9-14(17)13-8-4-10-16-15(13)18-12-6-2-3-7-12/h4,8,10,12,14H,2-3,5-7,9,11H2,1H3. The van der Waals surface area contributed by atoms with Gasteiger partial charge in [-0.3, -0.25) is 4.90 Å². The number of aromatic nitrogens is 1. The molecule has 2 fully saturated rings. The van der Waals surface area contributed by atoms with E-state index >= 15 is 0 Å². The molecule has 1 unspecified atom stereocenters. The van der Waals surface area contributed by atoms with Gasteiger partial charge in [0, 0.05) is 17.8 Å². The maximum absolute atomic E-state index is 6.13. The highest BCUT2D eigenvalue weighted by Crippen LogP contribution is 2.36. The van der Waals surface area contributed by atoms with E-state index in [1.807, 2.05) is 12.3 Å². The Hall–Kier alpha value is -1.09. The Morgan fingerprint density at radius 3 is 2.78 bits per heavy atom. The zero-order valence-electron chi connectivity index (χ0n) is 11.1. The third kappa shape index (κ3) is 2.37. The molecule has 1 atom stereocenters. The largest absolute Gasteiger partial charge is 0.474 e. The fraction of sp³-hybridized carbons (Fsp3) is 0.667. The van der Waals surface area contributed by atoms with Crippen molar-refractivity contribution >= 4 is 0 Å². The van der Waals surface area contributed by atoms with E-state index < -0.39 is 0 Å². The Morgan fingerprint density at radius 2 is 2.06 bits per heavy atom. The number of pyridine rings is 1.